The molecule has 2 heterocycles. The summed E-state index contributed by atoms with van der Waals surface area (Å²) in [4.78, 5) is 39.4. The lowest BCUT2D eigenvalue weighted by Crippen LogP contribution is -2.42. The predicted octanol–water partition coefficient (Wildman–Crippen LogP) is 3.31. The third kappa shape index (κ3) is 3.96. The number of hydrogen-bond acceptors (Lipinski definition) is 5. The summed E-state index contributed by atoms with van der Waals surface area (Å²) in [6, 6.07) is 11.8. The average Bonchev–Trinajstić information content (AvgIpc) is 3.34. The summed E-state index contributed by atoms with van der Waals surface area (Å²) in [5, 5.41) is 1.81. The van der Waals surface area contributed by atoms with Gasteiger partial charge < -0.3 is 9.32 Å². The molecule has 7 nitrogen and oxygen atoms in total. The minimum atomic E-state index is -0.535. The van der Waals surface area contributed by atoms with E-state index < -0.39 is 11.8 Å². The zero-order chi connectivity index (χ0) is 20.3. The van der Waals surface area contributed by atoms with Crippen molar-refractivity contribution >= 4 is 34.7 Å². The van der Waals surface area contributed by atoms with E-state index in [1.54, 1.807) is 63.4 Å². The van der Waals surface area contributed by atoms with Gasteiger partial charge in [0.1, 0.15) is 11.5 Å². The number of rotatable bonds is 4. The van der Waals surface area contributed by atoms with Crippen LogP contribution >= 0.6 is 11.3 Å². The molecule has 0 aliphatic rings. The van der Waals surface area contributed by atoms with Crippen molar-refractivity contribution in [3.63, 3.8) is 0 Å². The van der Waals surface area contributed by atoms with Gasteiger partial charge >= 0.3 is 0 Å². The minimum absolute atomic E-state index is 0.219. The molecular weight excluding hydrogens is 378 g/mol. The molecule has 0 radical (unpaired) electrons. The van der Waals surface area contributed by atoms with Crippen molar-refractivity contribution in [2.45, 2.75) is 13.8 Å². The van der Waals surface area contributed by atoms with E-state index in [-0.39, 0.29) is 11.5 Å². The van der Waals surface area contributed by atoms with Gasteiger partial charge in [-0.05, 0) is 43.5 Å². The Labute approximate surface area is 165 Å². The van der Waals surface area contributed by atoms with E-state index in [1.165, 1.54) is 16.2 Å². The first-order valence-corrected chi connectivity index (χ1v) is 9.34. The Morgan fingerprint density at radius 1 is 0.964 bits per heavy atom. The maximum absolute atomic E-state index is 12.6. The number of amides is 3. The van der Waals surface area contributed by atoms with Crippen molar-refractivity contribution in [1.29, 1.82) is 0 Å². The summed E-state index contributed by atoms with van der Waals surface area (Å²) < 4.78 is 5.32. The smallest absolute Gasteiger partial charge is 0.273 e. The molecule has 1 aromatic carbocycles. The molecule has 3 amide bonds. The Hall–Kier alpha value is -3.39. The Bertz CT molecular complexity index is 1020. The molecule has 2 N–H and O–H groups in total. The largest absolute Gasteiger partial charge is 0.466 e. The lowest BCUT2D eigenvalue weighted by molar-refractivity contribution is 0.0845. The highest BCUT2D eigenvalue weighted by molar-refractivity contribution is 7.12. The van der Waals surface area contributed by atoms with Gasteiger partial charge in [-0.3, -0.25) is 25.2 Å². The molecule has 0 saturated heterocycles. The average molecular weight is 397 g/mol. The summed E-state index contributed by atoms with van der Waals surface area (Å²) in [7, 11) is 1.60. The van der Waals surface area contributed by atoms with Gasteiger partial charge in [0, 0.05) is 7.05 Å². The Kier molecular flexibility index (Phi) is 5.60. The number of carbonyl (C=O) groups is 3. The molecule has 2 aromatic heterocycles. The van der Waals surface area contributed by atoms with Gasteiger partial charge in [-0.15, -0.1) is 11.3 Å². The highest BCUT2D eigenvalue weighted by atomic mass is 32.1. The second-order valence-corrected chi connectivity index (χ2v) is 7.04. The number of hydrogen-bond donors (Lipinski definition) is 2. The van der Waals surface area contributed by atoms with Crippen molar-refractivity contribution in [1.82, 2.24) is 10.9 Å². The third-order valence-electron chi connectivity index (χ3n) is 4.12. The van der Waals surface area contributed by atoms with Crippen LogP contribution in [0, 0.1) is 13.8 Å². The number of furan rings is 1. The van der Waals surface area contributed by atoms with Crippen LogP contribution in [0.2, 0.25) is 0 Å². The molecule has 0 bridgehead atoms. The van der Waals surface area contributed by atoms with E-state index in [0.717, 1.165) is 0 Å². The van der Waals surface area contributed by atoms with Crippen LogP contribution in [-0.4, -0.2) is 24.8 Å². The van der Waals surface area contributed by atoms with Crippen molar-refractivity contribution < 1.29 is 18.8 Å². The molecule has 3 rings (SSSR count). The molecule has 144 valence electrons. The maximum Gasteiger partial charge on any atom is 0.273 e. The Balaban J connectivity index is 1.75. The summed E-state index contributed by atoms with van der Waals surface area (Å²) in [5.74, 6) is -0.168. The molecule has 0 aliphatic carbocycles. The SMILES string of the molecule is Cc1cc(C(=O)NNC(=O)c2ccccc2N(C)C(=O)c2cccs2)c(C)o1. The maximum atomic E-state index is 12.6. The van der Waals surface area contributed by atoms with Crippen LogP contribution < -0.4 is 15.8 Å². The zero-order valence-corrected chi connectivity index (χ0v) is 16.4. The van der Waals surface area contributed by atoms with E-state index in [9.17, 15) is 14.4 Å². The van der Waals surface area contributed by atoms with Crippen LogP contribution in [0.5, 0.6) is 0 Å². The molecule has 3 aromatic rings. The first-order valence-electron chi connectivity index (χ1n) is 8.46. The summed E-state index contributed by atoms with van der Waals surface area (Å²) in [6.45, 7) is 3.41. The van der Waals surface area contributed by atoms with E-state index in [2.05, 4.69) is 10.9 Å². The number of aryl methyl sites for hydroxylation is 2. The lowest BCUT2D eigenvalue weighted by Gasteiger charge is -2.20. The van der Waals surface area contributed by atoms with Crippen molar-refractivity contribution in [2.75, 3.05) is 11.9 Å². The monoisotopic (exact) mass is 397 g/mol. The minimum Gasteiger partial charge on any atom is -0.466 e. The number of hydrazine groups is 1. The molecule has 0 unspecified atom stereocenters. The fourth-order valence-electron chi connectivity index (χ4n) is 2.74. The fraction of sp³-hybridized carbons (Fsp3) is 0.150. The summed E-state index contributed by atoms with van der Waals surface area (Å²) >= 11 is 1.33. The predicted molar refractivity (Wildman–Crippen MR) is 107 cm³/mol. The Morgan fingerprint density at radius 3 is 2.25 bits per heavy atom. The number of nitrogens with zero attached hydrogens (tertiary/aromatic N) is 1. The first kappa shape index (κ1) is 19.4. The molecule has 8 heteroatoms. The van der Waals surface area contributed by atoms with Crippen LogP contribution in [0.1, 0.15) is 41.9 Å². The zero-order valence-electron chi connectivity index (χ0n) is 15.6. The molecule has 0 saturated carbocycles. The van der Waals surface area contributed by atoms with Gasteiger partial charge in [-0.25, -0.2) is 0 Å². The number of anilines is 1. The third-order valence-corrected chi connectivity index (χ3v) is 4.98. The molecule has 0 fully saturated rings. The molecular formula is C20H19N3O4S. The van der Waals surface area contributed by atoms with Gasteiger partial charge in [-0.2, -0.15) is 0 Å². The van der Waals surface area contributed by atoms with Gasteiger partial charge in [-0.1, -0.05) is 18.2 Å². The number of benzene rings is 1. The lowest BCUT2D eigenvalue weighted by atomic mass is 10.1. The standard InChI is InChI=1S/C20H19N3O4S/c1-12-11-15(13(2)27-12)19(25)22-21-18(24)14-7-4-5-8-16(14)23(3)20(26)17-9-6-10-28-17/h4-11H,1-3H3,(H,21,24)(H,22,25). The van der Waals surface area contributed by atoms with Crippen LogP contribution in [0.15, 0.2) is 52.3 Å². The molecule has 0 aliphatic heterocycles. The van der Waals surface area contributed by atoms with Gasteiger partial charge in [0.05, 0.1) is 21.7 Å². The van der Waals surface area contributed by atoms with Crippen molar-refractivity contribution in [2.24, 2.45) is 0 Å². The molecule has 0 atom stereocenters. The number of thiophene rings is 1. The van der Waals surface area contributed by atoms with E-state index >= 15 is 0 Å². The van der Waals surface area contributed by atoms with Gasteiger partial charge in [0.2, 0.25) is 0 Å². The van der Waals surface area contributed by atoms with Gasteiger partial charge in [0.15, 0.2) is 0 Å². The van der Waals surface area contributed by atoms with Crippen molar-refractivity contribution in [3.05, 3.63) is 75.4 Å². The number of para-hydroxylation sites is 1. The normalized spacial score (nSPS) is 10.4. The van der Waals surface area contributed by atoms with Crippen LogP contribution in [-0.2, 0) is 0 Å². The molecule has 28 heavy (non-hydrogen) atoms. The first-order chi connectivity index (χ1) is 13.4. The number of carbonyl (C=O) groups excluding carboxylic acids is 3. The van der Waals surface area contributed by atoms with Crippen molar-refractivity contribution in [3.8, 4) is 0 Å². The van der Waals surface area contributed by atoms with E-state index in [0.29, 0.717) is 27.6 Å². The Morgan fingerprint density at radius 2 is 1.64 bits per heavy atom. The highest BCUT2D eigenvalue weighted by Gasteiger charge is 2.21. The van der Waals surface area contributed by atoms with E-state index in [4.69, 9.17) is 4.42 Å². The summed E-state index contributed by atoms with van der Waals surface area (Å²) in [5.41, 5.74) is 5.80. The highest BCUT2D eigenvalue weighted by Crippen LogP contribution is 2.22. The fourth-order valence-corrected chi connectivity index (χ4v) is 3.44. The molecule has 0 spiro atoms. The summed E-state index contributed by atoms with van der Waals surface area (Å²) in [6.07, 6.45) is 0. The van der Waals surface area contributed by atoms with Crippen LogP contribution in [0.4, 0.5) is 5.69 Å². The van der Waals surface area contributed by atoms with Crippen LogP contribution in [0.3, 0.4) is 0 Å². The topological polar surface area (TPSA) is 91.7 Å². The van der Waals surface area contributed by atoms with Gasteiger partial charge in [0.25, 0.3) is 17.7 Å². The quantitative estimate of drug-likeness (QED) is 0.661. The van der Waals surface area contributed by atoms with E-state index in [1.807, 2.05) is 5.38 Å². The second kappa shape index (κ2) is 8.10. The number of nitrogens with one attached hydrogen (secondary N) is 2. The van der Waals surface area contributed by atoms with Crippen LogP contribution in [0.25, 0.3) is 0 Å². The second-order valence-electron chi connectivity index (χ2n) is 6.09.